The van der Waals surface area contributed by atoms with E-state index >= 15 is 0 Å². The molecule has 1 aliphatic rings. The number of hydrogen-bond acceptors (Lipinski definition) is 3. The van der Waals surface area contributed by atoms with E-state index in [1.54, 1.807) is 18.3 Å². The molecule has 0 spiro atoms. The minimum Gasteiger partial charge on any atom is -0.322 e. The summed E-state index contributed by atoms with van der Waals surface area (Å²) in [5, 5.41) is 3.81. The molecule has 2 aromatic carbocycles. The molecule has 0 bridgehead atoms. The van der Waals surface area contributed by atoms with Gasteiger partial charge in [-0.3, -0.25) is 14.6 Å². The van der Waals surface area contributed by atoms with Crippen LogP contribution in [-0.2, 0) is 6.42 Å². The number of Topliss-reactive ketones (excluding diaryl/α,β-unsaturated/α-hetero) is 1. The number of ketones is 1. The molecular weight excluding hydrogens is 300 g/mol. The zero-order valence-electron chi connectivity index (χ0n) is 13.1. The van der Waals surface area contributed by atoms with Crippen LogP contribution in [0.25, 0.3) is 10.9 Å². The summed E-state index contributed by atoms with van der Waals surface area (Å²) in [6.07, 6.45) is 4.08. The molecule has 24 heavy (non-hydrogen) atoms. The third kappa shape index (κ3) is 2.56. The van der Waals surface area contributed by atoms with Gasteiger partial charge >= 0.3 is 0 Å². The molecule has 1 aliphatic carbocycles. The first-order chi connectivity index (χ1) is 11.7. The predicted molar refractivity (Wildman–Crippen MR) is 93.4 cm³/mol. The van der Waals surface area contributed by atoms with Crippen LogP contribution in [0.2, 0.25) is 0 Å². The number of aromatic nitrogens is 1. The summed E-state index contributed by atoms with van der Waals surface area (Å²) in [6.45, 7) is 0. The lowest BCUT2D eigenvalue weighted by atomic mass is 9.90. The first-order valence-corrected chi connectivity index (χ1v) is 8.03. The number of aryl methyl sites for hydroxylation is 1. The number of amides is 1. The Labute approximate surface area is 139 Å². The fraction of sp³-hybridized carbons (Fsp3) is 0.150. The number of nitrogens with zero attached hydrogens (tertiary/aromatic N) is 1. The van der Waals surface area contributed by atoms with Crippen molar-refractivity contribution in [3.05, 3.63) is 71.4 Å². The Bertz CT molecular complexity index is 958. The maximum Gasteiger partial charge on any atom is 0.257 e. The fourth-order valence-electron chi connectivity index (χ4n) is 3.19. The second kappa shape index (κ2) is 5.89. The quantitative estimate of drug-likeness (QED) is 0.777. The van der Waals surface area contributed by atoms with Crippen molar-refractivity contribution in [2.45, 2.75) is 19.3 Å². The molecule has 0 saturated heterocycles. The Morgan fingerprint density at radius 1 is 1.04 bits per heavy atom. The van der Waals surface area contributed by atoms with Crippen LogP contribution < -0.4 is 5.32 Å². The largest absolute Gasteiger partial charge is 0.322 e. The molecule has 3 aromatic rings. The highest BCUT2D eigenvalue weighted by Crippen LogP contribution is 2.25. The Morgan fingerprint density at radius 2 is 1.92 bits per heavy atom. The van der Waals surface area contributed by atoms with Crippen molar-refractivity contribution < 1.29 is 9.59 Å². The number of nitrogens with one attached hydrogen (secondary N) is 1. The van der Waals surface area contributed by atoms with Gasteiger partial charge in [0.25, 0.3) is 5.91 Å². The third-order valence-corrected chi connectivity index (χ3v) is 4.40. The highest BCUT2D eigenvalue weighted by molar-refractivity contribution is 6.12. The molecule has 0 saturated carbocycles. The SMILES string of the molecule is O=C1CCCc2ccc(NC(=O)c3cccc4cccnc34)cc21. The summed E-state index contributed by atoms with van der Waals surface area (Å²) in [6, 6.07) is 14.9. The summed E-state index contributed by atoms with van der Waals surface area (Å²) < 4.78 is 0. The van der Waals surface area contributed by atoms with E-state index in [0.717, 1.165) is 29.4 Å². The average Bonchev–Trinajstić information content (AvgIpc) is 2.62. The molecule has 0 atom stereocenters. The van der Waals surface area contributed by atoms with Gasteiger partial charge in [-0.05, 0) is 42.7 Å². The molecular formula is C20H16N2O2. The van der Waals surface area contributed by atoms with E-state index in [-0.39, 0.29) is 11.7 Å². The molecule has 1 heterocycles. The van der Waals surface area contributed by atoms with E-state index in [1.807, 2.05) is 36.4 Å². The molecule has 1 amide bonds. The molecule has 4 heteroatoms. The molecule has 0 unspecified atom stereocenters. The minimum absolute atomic E-state index is 0.152. The average molecular weight is 316 g/mol. The number of para-hydroxylation sites is 1. The van der Waals surface area contributed by atoms with Gasteiger partial charge in [-0.1, -0.05) is 24.3 Å². The van der Waals surface area contributed by atoms with Crippen LogP contribution in [0, 0.1) is 0 Å². The van der Waals surface area contributed by atoms with Crippen LogP contribution in [0.15, 0.2) is 54.7 Å². The van der Waals surface area contributed by atoms with Gasteiger partial charge in [0, 0.05) is 29.3 Å². The third-order valence-electron chi connectivity index (χ3n) is 4.40. The summed E-state index contributed by atoms with van der Waals surface area (Å²) in [7, 11) is 0. The number of pyridine rings is 1. The number of rotatable bonds is 2. The molecule has 4 nitrogen and oxygen atoms in total. The molecule has 118 valence electrons. The molecule has 4 rings (SSSR count). The number of carbonyl (C=O) groups is 2. The van der Waals surface area contributed by atoms with Crippen LogP contribution >= 0.6 is 0 Å². The smallest absolute Gasteiger partial charge is 0.257 e. The lowest BCUT2D eigenvalue weighted by molar-refractivity contribution is 0.0970. The summed E-state index contributed by atoms with van der Waals surface area (Å²) in [5.41, 5.74) is 3.64. The number of fused-ring (bicyclic) bond motifs is 2. The lowest BCUT2D eigenvalue weighted by Gasteiger charge is -2.16. The van der Waals surface area contributed by atoms with Crippen molar-refractivity contribution in [3.8, 4) is 0 Å². The van der Waals surface area contributed by atoms with E-state index in [2.05, 4.69) is 10.3 Å². The van der Waals surface area contributed by atoms with Crippen LogP contribution in [0.5, 0.6) is 0 Å². The number of benzene rings is 2. The summed E-state index contributed by atoms with van der Waals surface area (Å²) >= 11 is 0. The predicted octanol–water partition coefficient (Wildman–Crippen LogP) is 4.01. The maximum absolute atomic E-state index is 12.6. The van der Waals surface area contributed by atoms with Gasteiger partial charge in [0.15, 0.2) is 5.78 Å². The number of hydrogen-bond donors (Lipinski definition) is 1. The molecule has 1 aromatic heterocycles. The molecule has 1 N–H and O–H groups in total. The highest BCUT2D eigenvalue weighted by atomic mass is 16.1. The Kier molecular flexibility index (Phi) is 3.58. The van der Waals surface area contributed by atoms with Crippen molar-refractivity contribution in [2.24, 2.45) is 0 Å². The van der Waals surface area contributed by atoms with Crippen LogP contribution in [0.1, 0.15) is 39.1 Å². The Hall–Kier alpha value is -3.01. The second-order valence-corrected chi connectivity index (χ2v) is 5.98. The summed E-state index contributed by atoms with van der Waals surface area (Å²) in [4.78, 5) is 29.0. The van der Waals surface area contributed by atoms with Crippen molar-refractivity contribution in [1.29, 1.82) is 0 Å². The Morgan fingerprint density at radius 3 is 2.83 bits per heavy atom. The van der Waals surface area contributed by atoms with E-state index in [9.17, 15) is 9.59 Å². The topological polar surface area (TPSA) is 59.1 Å². The molecule has 0 fully saturated rings. The van der Waals surface area contributed by atoms with Crippen molar-refractivity contribution in [3.63, 3.8) is 0 Å². The van der Waals surface area contributed by atoms with E-state index < -0.39 is 0 Å². The first-order valence-electron chi connectivity index (χ1n) is 8.03. The van der Waals surface area contributed by atoms with Gasteiger partial charge in [-0.2, -0.15) is 0 Å². The van der Waals surface area contributed by atoms with Gasteiger partial charge in [-0.15, -0.1) is 0 Å². The standard InChI is InChI=1S/C20H16N2O2/c23-18-8-2-4-13-9-10-15(12-17(13)18)22-20(24)16-7-1-5-14-6-3-11-21-19(14)16/h1,3,5-7,9-12H,2,4,8H2,(H,22,24). The fourth-order valence-corrected chi connectivity index (χ4v) is 3.19. The van der Waals surface area contributed by atoms with E-state index in [1.165, 1.54) is 0 Å². The second-order valence-electron chi connectivity index (χ2n) is 5.98. The van der Waals surface area contributed by atoms with E-state index in [0.29, 0.717) is 23.2 Å². The zero-order chi connectivity index (χ0) is 16.5. The van der Waals surface area contributed by atoms with Crippen molar-refractivity contribution >= 4 is 28.3 Å². The lowest BCUT2D eigenvalue weighted by Crippen LogP contribution is -2.15. The minimum atomic E-state index is -0.220. The number of carbonyl (C=O) groups excluding carboxylic acids is 2. The molecule has 0 aliphatic heterocycles. The first kappa shape index (κ1) is 14.6. The zero-order valence-corrected chi connectivity index (χ0v) is 13.1. The normalized spacial score (nSPS) is 13.6. The monoisotopic (exact) mass is 316 g/mol. The maximum atomic E-state index is 12.6. The van der Waals surface area contributed by atoms with Gasteiger partial charge in [0.05, 0.1) is 11.1 Å². The van der Waals surface area contributed by atoms with Crippen LogP contribution in [0.3, 0.4) is 0 Å². The van der Waals surface area contributed by atoms with Crippen molar-refractivity contribution in [1.82, 2.24) is 4.98 Å². The number of anilines is 1. The van der Waals surface area contributed by atoms with E-state index in [4.69, 9.17) is 0 Å². The summed E-state index contributed by atoms with van der Waals surface area (Å²) in [5.74, 6) is -0.0679. The van der Waals surface area contributed by atoms with Crippen LogP contribution in [-0.4, -0.2) is 16.7 Å². The van der Waals surface area contributed by atoms with Crippen molar-refractivity contribution in [2.75, 3.05) is 5.32 Å². The van der Waals surface area contributed by atoms with Gasteiger partial charge in [0.1, 0.15) is 0 Å². The van der Waals surface area contributed by atoms with Crippen LogP contribution in [0.4, 0.5) is 5.69 Å². The van der Waals surface area contributed by atoms with Gasteiger partial charge in [0.2, 0.25) is 0 Å². The Balaban J connectivity index is 1.67. The molecule has 0 radical (unpaired) electrons. The van der Waals surface area contributed by atoms with Gasteiger partial charge in [-0.25, -0.2) is 0 Å². The van der Waals surface area contributed by atoms with Gasteiger partial charge < -0.3 is 5.32 Å². The highest BCUT2D eigenvalue weighted by Gasteiger charge is 2.18.